The summed E-state index contributed by atoms with van der Waals surface area (Å²) in [6, 6.07) is 7.17. The first-order valence-electron chi connectivity index (χ1n) is 11.7. The Bertz CT molecular complexity index is 928. The minimum Gasteiger partial charge on any atom is -0.298 e. The van der Waals surface area contributed by atoms with E-state index in [9.17, 15) is 19.2 Å². The molecule has 5 amide bonds. The monoisotopic (exact) mass is 454 g/mol. The van der Waals surface area contributed by atoms with Crippen LogP contribution in [0.5, 0.6) is 0 Å². The molecule has 8 nitrogen and oxygen atoms in total. The van der Waals surface area contributed by atoms with Crippen molar-refractivity contribution >= 4 is 23.8 Å². The van der Waals surface area contributed by atoms with Gasteiger partial charge in [0.25, 0.3) is 11.8 Å². The van der Waals surface area contributed by atoms with Crippen LogP contribution in [0.25, 0.3) is 0 Å². The second kappa shape index (κ2) is 10.6. The Balaban J connectivity index is 1.75. The lowest BCUT2D eigenvalue weighted by Crippen LogP contribution is -2.54. The molecule has 0 spiro atoms. The Morgan fingerprint density at radius 1 is 0.939 bits per heavy atom. The molecule has 0 saturated carbocycles. The van der Waals surface area contributed by atoms with E-state index in [2.05, 4.69) is 24.5 Å². The highest BCUT2D eigenvalue weighted by Gasteiger charge is 2.43. The molecule has 2 aliphatic rings. The zero-order valence-corrected chi connectivity index (χ0v) is 20.0. The van der Waals surface area contributed by atoms with Crippen LogP contribution in [0, 0.1) is 0 Å². The maximum Gasteiger partial charge on any atom is 0.333 e. The van der Waals surface area contributed by atoms with Crippen LogP contribution in [0.15, 0.2) is 35.5 Å². The molecular formula is C25H34N4O4. The summed E-state index contributed by atoms with van der Waals surface area (Å²) in [4.78, 5) is 51.5. The molecule has 0 radical (unpaired) electrons. The predicted octanol–water partition coefficient (Wildman–Crippen LogP) is 3.69. The third-order valence-corrected chi connectivity index (χ3v) is 6.40. The molecule has 2 saturated heterocycles. The van der Waals surface area contributed by atoms with Crippen LogP contribution < -0.4 is 5.43 Å². The van der Waals surface area contributed by atoms with E-state index in [0.29, 0.717) is 12.1 Å². The van der Waals surface area contributed by atoms with Gasteiger partial charge in [-0.3, -0.25) is 29.6 Å². The van der Waals surface area contributed by atoms with Crippen molar-refractivity contribution < 1.29 is 19.2 Å². The Kier molecular flexibility index (Phi) is 7.89. The van der Waals surface area contributed by atoms with E-state index in [4.69, 9.17) is 0 Å². The Labute approximate surface area is 195 Å². The zero-order chi connectivity index (χ0) is 24.1. The highest BCUT2D eigenvalue weighted by Crippen LogP contribution is 2.35. The van der Waals surface area contributed by atoms with Crippen molar-refractivity contribution in [1.82, 2.24) is 20.2 Å². The summed E-state index contributed by atoms with van der Waals surface area (Å²) in [5.41, 5.74) is 5.39. The lowest BCUT2D eigenvalue weighted by Gasteiger charge is -2.29. The molecule has 1 aromatic rings. The SMILES string of the molecule is CCCCCCCCc1ccc(C2CC(=C3C(=O)N(C)C(=O)N(C)C3=O)NN2C(C)=O)cc1. The number of carbonyl (C=O) groups excluding carboxylic acids is 4. The number of rotatable bonds is 8. The van der Waals surface area contributed by atoms with Gasteiger partial charge in [-0.1, -0.05) is 63.3 Å². The number of unbranched alkanes of at least 4 members (excludes halogenated alkanes) is 5. The van der Waals surface area contributed by atoms with E-state index in [1.807, 2.05) is 12.1 Å². The molecule has 2 fully saturated rings. The number of hydrazine groups is 1. The van der Waals surface area contributed by atoms with Crippen molar-refractivity contribution in [2.75, 3.05) is 14.1 Å². The standard InChI is InChI=1S/C25H34N4O4/c1-5-6-7-8-9-10-11-18-12-14-19(15-13-18)21-16-20(26-29(21)17(2)30)22-23(31)27(3)25(33)28(4)24(22)32/h12-15,21,26H,5-11,16H2,1-4H3. The van der Waals surface area contributed by atoms with Gasteiger partial charge in [0.1, 0.15) is 5.57 Å². The molecule has 1 atom stereocenters. The summed E-state index contributed by atoms with van der Waals surface area (Å²) < 4.78 is 0. The average Bonchev–Trinajstić information content (AvgIpc) is 3.24. The molecule has 0 aromatic heterocycles. The molecule has 2 aliphatic heterocycles. The molecule has 33 heavy (non-hydrogen) atoms. The molecule has 1 aromatic carbocycles. The molecule has 0 aliphatic carbocycles. The van der Waals surface area contributed by atoms with Crippen LogP contribution in [-0.2, 0) is 20.8 Å². The van der Waals surface area contributed by atoms with Gasteiger partial charge in [0.2, 0.25) is 5.91 Å². The molecule has 1 N–H and O–H groups in total. The fourth-order valence-electron chi connectivity index (χ4n) is 4.38. The summed E-state index contributed by atoms with van der Waals surface area (Å²) in [7, 11) is 2.68. The number of imide groups is 2. The lowest BCUT2D eigenvalue weighted by molar-refractivity contribution is -0.135. The number of barbiturate groups is 1. The van der Waals surface area contributed by atoms with Gasteiger partial charge in [-0.05, 0) is 24.0 Å². The third-order valence-electron chi connectivity index (χ3n) is 6.40. The van der Waals surface area contributed by atoms with Crippen LogP contribution in [0.4, 0.5) is 4.79 Å². The van der Waals surface area contributed by atoms with Crippen molar-refractivity contribution in [3.05, 3.63) is 46.7 Å². The smallest absolute Gasteiger partial charge is 0.298 e. The quantitative estimate of drug-likeness (QED) is 0.368. The highest BCUT2D eigenvalue weighted by atomic mass is 16.2. The minimum atomic E-state index is -0.673. The number of nitrogens with one attached hydrogen (secondary N) is 1. The van der Waals surface area contributed by atoms with Gasteiger partial charge < -0.3 is 0 Å². The van der Waals surface area contributed by atoms with Crippen molar-refractivity contribution in [3.8, 4) is 0 Å². The van der Waals surface area contributed by atoms with Crippen LogP contribution in [-0.4, -0.2) is 52.7 Å². The van der Waals surface area contributed by atoms with E-state index in [1.165, 1.54) is 63.7 Å². The van der Waals surface area contributed by atoms with E-state index < -0.39 is 17.8 Å². The number of hydrogen-bond donors (Lipinski definition) is 1. The van der Waals surface area contributed by atoms with Crippen LogP contribution in [0.1, 0.15) is 76.0 Å². The lowest BCUT2D eigenvalue weighted by atomic mass is 9.97. The molecule has 178 valence electrons. The molecule has 0 bridgehead atoms. The summed E-state index contributed by atoms with van der Waals surface area (Å²) in [6.07, 6.45) is 8.84. The number of hydrogen-bond acceptors (Lipinski definition) is 5. The molecule has 3 rings (SSSR count). The predicted molar refractivity (Wildman–Crippen MR) is 124 cm³/mol. The van der Waals surface area contributed by atoms with E-state index >= 15 is 0 Å². The summed E-state index contributed by atoms with van der Waals surface area (Å²) in [5.74, 6) is -1.55. The number of benzene rings is 1. The second-order valence-electron chi connectivity index (χ2n) is 8.84. The van der Waals surface area contributed by atoms with Gasteiger partial charge in [-0.25, -0.2) is 9.80 Å². The molecular weight excluding hydrogens is 420 g/mol. The number of nitrogens with zero attached hydrogens (tertiary/aromatic N) is 3. The first-order valence-corrected chi connectivity index (χ1v) is 11.7. The van der Waals surface area contributed by atoms with Gasteiger partial charge in [0, 0.05) is 27.4 Å². The van der Waals surface area contributed by atoms with Crippen LogP contribution >= 0.6 is 0 Å². The van der Waals surface area contributed by atoms with E-state index in [0.717, 1.165) is 28.2 Å². The Morgan fingerprint density at radius 2 is 1.52 bits per heavy atom. The van der Waals surface area contributed by atoms with Gasteiger partial charge >= 0.3 is 6.03 Å². The largest absolute Gasteiger partial charge is 0.333 e. The Hall–Kier alpha value is -3.16. The number of carbonyl (C=O) groups is 4. The first-order chi connectivity index (χ1) is 15.8. The van der Waals surface area contributed by atoms with Gasteiger partial charge in [0.15, 0.2) is 0 Å². The maximum atomic E-state index is 12.7. The summed E-state index contributed by atoms with van der Waals surface area (Å²) >= 11 is 0. The second-order valence-corrected chi connectivity index (χ2v) is 8.84. The number of amides is 5. The van der Waals surface area contributed by atoms with Crippen molar-refractivity contribution in [3.63, 3.8) is 0 Å². The fourth-order valence-corrected chi connectivity index (χ4v) is 4.38. The highest BCUT2D eigenvalue weighted by molar-refractivity contribution is 6.28. The summed E-state index contributed by atoms with van der Waals surface area (Å²) in [5, 5.41) is 1.45. The van der Waals surface area contributed by atoms with Gasteiger partial charge in [-0.15, -0.1) is 0 Å². The number of likely N-dealkylation sites (N-methyl/N-ethyl adjacent to an activating group) is 2. The minimum absolute atomic E-state index is 0.104. The average molecular weight is 455 g/mol. The zero-order valence-electron chi connectivity index (χ0n) is 20.0. The first kappa shape index (κ1) is 24.5. The number of aryl methyl sites for hydroxylation is 1. The maximum absolute atomic E-state index is 12.7. The van der Waals surface area contributed by atoms with E-state index in [1.54, 1.807) is 0 Å². The third kappa shape index (κ3) is 5.26. The number of urea groups is 1. The van der Waals surface area contributed by atoms with Gasteiger partial charge in [-0.2, -0.15) is 0 Å². The van der Waals surface area contributed by atoms with Crippen LogP contribution in [0.2, 0.25) is 0 Å². The topological polar surface area (TPSA) is 90.0 Å². The molecule has 1 unspecified atom stereocenters. The van der Waals surface area contributed by atoms with Gasteiger partial charge in [0.05, 0.1) is 11.7 Å². The molecule has 2 heterocycles. The molecule has 8 heteroatoms. The van der Waals surface area contributed by atoms with Crippen molar-refractivity contribution in [1.29, 1.82) is 0 Å². The van der Waals surface area contributed by atoms with Crippen molar-refractivity contribution in [2.24, 2.45) is 0 Å². The normalized spacial score (nSPS) is 19.0. The van der Waals surface area contributed by atoms with E-state index in [-0.39, 0.29) is 17.5 Å². The Morgan fingerprint density at radius 3 is 2.09 bits per heavy atom. The van der Waals surface area contributed by atoms with Crippen molar-refractivity contribution in [2.45, 2.75) is 71.3 Å². The fraction of sp³-hybridized carbons (Fsp3) is 0.520. The summed E-state index contributed by atoms with van der Waals surface area (Å²) in [6.45, 7) is 3.66. The van der Waals surface area contributed by atoms with Crippen LogP contribution in [0.3, 0.4) is 0 Å².